The molecule has 6 aromatic heterocycles. The van der Waals surface area contributed by atoms with Crippen molar-refractivity contribution >= 4 is 151 Å². The minimum absolute atomic E-state index is 0. The first-order valence-corrected chi connectivity index (χ1v) is 40.1. The van der Waals surface area contributed by atoms with E-state index in [1.54, 1.807) is 94.5 Å². The van der Waals surface area contributed by atoms with Crippen molar-refractivity contribution < 1.29 is 36.4 Å². The summed E-state index contributed by atoms with van der Waals surface area (Å²) in [7, 11) is 11.0. The molecule has 0 aliphatic rings. The number of amidine groups is 1. The van der Waals surface area contributed by atoms with E-state index in [0.29, 0.717) is 58.9 Å². The predicted molar refractivity (Wildman–Crippen MR) is 424 cm³/mol. The Labute approximate surface area is 652 Å². The van der Waals surface area contributed by atoms with E-state index in [-0.39, 0.29) is 43.8 Å². The first-order chi connectivity index (χ1) is 49.1. The molecular formula is C60H93BiN25O10S8+3. The van der Waals surface area contributed by atoms with Crippen LogP contribution < -0.4 is 63.7 Å². The van der Waals surface area contributed by atoms with Gasteiger partial charge in [0.05, 0.1) is 93.1 Å². The topological polar surface area (TPSA) is 509 Å². The number of guanidine groups is 2. The number of fused-ring (bicyclic) bond motifs is 1. The Morgan fingerprint density at radius 2 is 1.40 bits per heavy atom. The van der Waals surface area contributed by atoms with Crippen molar-refractivity contribution in [1.82, 2.24) is 76.6 Å². The second kappa shape index (κ2) is 51.6. The minimum atomic E-state index is -3.92. The zero-order chi connectivity index (χ0) is 76.3. The third-order valence-corrected chi connectivity index (χ3v) is 19.9. The SMILES string of the molecule is CN/C(=C/[N+](=O)[O-])NCCSCc1ccc(CN(C)C)o1.CN/C(=C\[N+](=O)[O-])NCCSCc1csc(CN(C)C)n1.CN=C(NC#N)NCCSCc1nc[nH]c1C.COc1ccc2nc(S(=O)Cc3ncc(C)c(OC)c3C)[nH]c2c1.NC(N)=Nc1nc(CSCCC(N)=NS(N)(=O)=O)cs1.[Bi+3]. The molecule has 6 heterocycles. The molecule has 0 bridgehead atoms. The number of nitrogens with two attached hydrogens (primary N) is 4. The van der Waals surface area contributed by atoms with Crippen molar-refractivity contribution in [3.63, 3.8) is 0 Å². The van der Waals surface area contributed by atoms with E-state index in [0.717, 1.165) is 145 Å². The van der Waals surface area contributed by atoms with Gasteiger partial charge in [0.15, 0.2) is 29.0 Å². The quantitative estimate of drug-likeness (QED) is 0.00351. The van der Waals surface area contributed by atoms with Crippen LogP contribution in [0.2, 0.25) is 0 Å². The average Bonchev–Trinajstić information content (AvgIpc) is 1.76. The number of imidazole rings is 2. The third kappa shape index (κ3) is 39.5. The van der Waals surface area contributed by atoms with Crippen molar-refractivity contribution in [1.29, 1.82) is 5.26 Å². The molecule has 0 saturated carbocycles. The van der Waals surface area contributed by atoms with E-state index >= 15 is 0 Å². The molecule has 16 N–H and O–H groups in total. The molecular weight excluding hydrogens is 1700 g/mol. The van der Waals surface area contributed by atoms with Crippen LogP contribution in [0.5, 0.6) is 11.5 Å². The normalized spacial score (nSPS) is 11.8. The Morgan fingerprint density at radius 1 is 0.808 bits per heavy atom. The number of aromatic nitrogens is 7. The first kappa shape index (κ1) is 92.5. The number of nitro groups is 2. The largest absolute Gasteiger partial charge is 3.00 e. The van der Waals surface area contributed by atoms with Gasteiger partial charge in [-0.05, 0) is 73.2 Å². The van der Waals surface area contributed by atoms with Crippen LogP contribution >= 0.6 is 69.7 Å². The Bertz CT molecular complexity index is 3970. The van der Waals surface area contributed by atoms with Gasteiger partial charge in [0, 0.05) is 134 Å². The molecule has 0 aliphatic heterocycles. The van der Waals surface area contributed by atoms with Gasteiger partial charge in [-0.25, -0.2) is 25.1 Å². The molecule has 35 nitrogen and oxygen atoms in total. The molecule has 7 rings (SSSR count). The number of aliphatic imine (C=N–C) groups is 2. The Balaban J connectivity index is 0.000000443. The summed E-state index contributed by atoms with van der Waals surface area (Å²) in [6, 6.07) is 9.48. The van der Waals surface area contributed by atoms with Gasteiger partial charge < -0.3 is 77.4 Å². The molecule has 0 fully saturated rings. The van der Waals surface area contributed by atoms with Crippen LogP contribution in [0.3, 0.4) is 0 Å². The van der Waals surface area contributed by atoms with Gasteiger partial charge in [-0.1, -0.05) is 0 Å². The van der Waals surface area contributed by atoms with Gasteiger partial charge in [-0.3, -0.25) is 39.7 Å². The molecule has 1 unspecified atom stereocenters. The Morgan fingerprint density at radius 3 is 1.96 bits per heavy atom. The number of hydrogen-bond acceptors (Lipinski definition) is 30. The number of H-pyrrole nitrogens is 2. The molecule has 2 radical (unpaired) electrons. The van der Waals surface area contributed by atoms with Crippen LogP contribution in [0.1, 0.15) is 62.5 Å². The number of furan rings is 1. The van der Waals surface area contributed by atoms with E-state index in [9.17, 15) is 32.9 Å². The summed E-state index contributed by atoms with van der Waals surface area (Å²) in [5.41, 5.74) is 24.2. The summed E-state index contributed by atoms with van der Waals surface area (Å²) < 4.78 is 53.4. The van der Waals surface area contributed by atoms with Gasteiger partial charge >= 0.3 is 36.4 Å². The van der Waals surface area contributed by atoms with E-state index in [2.05, 4.69) is 96.4 Å². The van der Waals surface area contributed by atoms with Crippen LogP contribution in [-0.2, 0) is 62.9 Å². The van der Waals surface area contributed by atoms with Crippen LogP contribution in [0.15, 0.2) is 102 Å². The summed E-state index contributed by atoms with van der Waals surface area (Å²) >= 11 is 9.80. The second-order valence-electron chi connectivity index (χ2n) is 21.5. The third-order valence-electron chi connectivity index (χ3n) is 12.6. The number of aryl methyl sites for hydroxylation is 2. The zero-order valence-electron chi connectivity index (χ0n) is 59.9. The minimum Gasteiger partial charge on any atom is -0.497 e. The first-order valence-electron chi connectivity index (χ1n) is 30.9. The maximum absolute atomic E-state index is 12.7. The summed E-state index contributed by atoms with van der Waals surface area (Å²) in [6.45, 7) is 9.62. The second-order valence-corrected chi connectivity index (χ2v) is 30.3. The number of thiazole rings is 2. The van der Waals surface area contributed by atoms with Gasteiger partial charge in [0.1, 0.15) is 33.9 Å². The van der Waals surface area contributed by atoms with E-state index in [1.807, 2.05) is 90.9 Å². The number of ether oxygens (including phenoxy) is 2. The molecule has 0 aliphatic carbocycles. The van der Waals surface area contributed by atoms with Crippen LogP contribution in [0.25, 0.3) is 11.0 Å². The standard InChI is InChI=1S/C17H19N3O3S.C13H22N4O3S.C12H21N5O2S2.C10H16N6S.C8H15N7O2S3.Bi/c1-10-8-18-15(11(2)16(10)23-4)9-24(21)17-19-13-6-5-12(22-3)7-14(13)20-17;1-14-13(9-17(18)19)15-6-7-21-10-12-5-4-11(20-12)8-16(2)3;1-13-11(6-17(18)19)14-4-5-20-8-10-9-21-12(15-10)7-16(2)3;1-8-9(16-7-15-8)5-17-4-3-13-10(12-2)14-6-11;9-6(15-20(12,16)17)1-2-18-3-5-4-19-8(13-5)14-7(10)11;/h5-8H,9H2,1-4H3,(H,19,20);4-5,9,14-15H,6-8,10H2,1-3H3;6,9,13-14H,4-5,7-8H2,1-3H3;7H,3-5H2,1-2H3,(H,15,16)(H2,12,13,14);4H,1-3H2,(H2,9,15)(H2,12,16,17)(H4,10,11,13,14);/q;;;;;+3/b;13-9-;11-6+;;;. The van der Waals surface area contributed by atoms with E-state index in [1.165, 1.54) is 23.1 Å². The predicted octanol–water partition coefficient (Wildman–Crippen LogP) is 5.13. The molecule has 104 heavy (non-hydrogen) atoms. The summed E-state index contributed by atoms with van der Waals surface area (Å²) in [5, 5.41) is 56.8. The number of benzene rings is 1. The average molecular weight is 1790 g/mol. The number of rotatable bonds is 37. The van der Waals surface area contributed by atoms with Gasteiger partial charge in [0.25, 0.3) is 12.4 Å². The monoisotopic (exact) mass is 1790 g/mol. The summed E-state index contributed by atoms with van der Waals surface area (Å²) in [6.07, 6.45) is 7.45. The number of nitriles is 1. The van der Waals surface area contributed by atoms with Gasteiger partial charge in [-0.2, -0.15) is 65.7 Å². The molecule has 0 amide bonds. The molecule has 0 saturated heterocycles. The fraction of sp³-hybridized carbons (Fsp3) is 0.450. The number of methoxy groups -OCH3 is 2. The number of hydrogen-bond donors (Lipinski definition) is 12. The maximum Gasteiger partial charge on any atom is 3.00 e. The number of thioether (sulfide) groups is 4. The van der Waals surface area contributed by atoms with Crippen molar-refractivity contribution in [2.24, 2.45) is 36.7 Å². The van der Waals surface area contributed by atoms with Crippen molar-refractivity contribution in [2.75, 3.05) is 106 Å². The smallest absolute Gasteiger partial charge is 0.497 e. The van der Waals surface area contributed by atoms with Crippen LogP contribution in [0, 0.1) is 52.5 Å². The van der Waals surface area contributed by atoms with Crippen LogP contribution in [-0.4, -0.2) is 217 Å². The van der Waals surface area contributed by atoms with E-state index < -0.39 is 30.9 Å². The van der Waals surface area contributed by atoms with Crippen molar-refractivity contribution in [2.45, 2.75) is 74.2 Å². The molecule has 568 valence electrons. The van der Waals surface area contributed by atoms with Crippen molar-refractivity contribution in [3.8, 4) is 17.7 Å². The molecule has 1 atom stereocenters. The van der Waals surface area contributed by atoms with E-state index in [4.69, 9.17) is 41.5 Å². The fourth-order valence-corrected chi connectivity index (χ4v) is 14.6. The van der Waals surface area contributed by atoms with Gasteiger partial charge in [-0.15, -0.1) is 27.1 Å². The maximum atomic E-state index is 12.7. The van der Waals surface area contributed by atoms with Crippen LogP contribution in [0.4, 0.5) is 5.13 Å². The molecule has 44 heteroatoms. The Hall–Kier alpha value is -7.57. The molecule has 1 aromatic carbocycles. The fourth-order valence-electron chi connectivity index (χ4n) is 8.00. The number of pyridine rings is 1. The van der Waals surface area contributed by atoms with Crippen molar-refractivity contribution in [3.05, 3.63) is 154 Å². The van der Waals surface area contributed by atoms with Gasteiger partial charge in [0.2, 0.25) is 11.1 Å². The summed E-state index contributed by atoms with van der Waals surface area (Å²) in [4.78, 5) is 59.5. The zero-order valence-corrected chi connectivity index (χ0v) is 69.9. The number of nitrogens with zero attached hydrogens (tertiary/aromatic N) is 13. The number of nitrogens with one attached hydrogen (secondary N) is 8. The number of aromatic amines is 2. The molecule has 7 aromatic rings. The summed E-state index contributed by atoms with van der Waals surface area (Å²) in [5.74, 6) is 11.4. The molecule has 0 spiro atoms. The Kier molecular flexibility index (Phi) is 45.9.